The number of ether oxygens (including phenoxy) is 2. The third kappa shape index (κ3) is 9.87. The van der Waals surface area contributed by atoms with Crippen LogP contribution in [-0.2, 0) is 25.7 Å². The Kier molecular flexibility index (Phi) is 11.4. The first kappa shape index (κ1) is 28.0. The van der Waals surface area contributed by atoms with Crippen LogP contribution in [0.5, 0.6) is 0 Å². The highest BCUT2D eigenvalue weighted by atomic mass is 16.6. The molecule has 188 valence electrons. The van der Waals surface area contributed by atoms with Crippen LogP contribution in [0.1, 0.15) is 65.4 Å². The maximum absolute atomic E-state index is 13.0. The quantitative estimate of drug-likeness (QED) is 0.263. The summed E-state index contributed by atoms with van der Waals surface area (Å²) < 4.78 is 11.5. The Morgan fingerprint density at radius 2 is 1.66 bits per heavy atom. The fraction of sp³-hybridized carbons (Fsp3) is 0.414. The molecule has 0 radical (unpaired) electrons. The number of hydrogen-bond donors (Lipinski definition) is 1. The first-order valence-corrected chi connectivity index (χ1v) is 12.0. The number of rotatable bonds is 13. The lowest BCUT2D eigenvalue weighted by atomic mass is 9.97. The monoisotopic (exact) mass is 479 g/mol. The van der Waals surface area contributed by atoms with Crippen LogP contribution >= 0.6 is 0 Å². The van der Waals surface area contributed by atoms with Crippen molar-refractivity contribution in [2.24, 2.45) is 4.99 Å². The van der Waals surface area contributed by atoms with Gasteiger partial charge < -0.3 is 14.6 Å². The standard InChI is InChI=1S/C29H37NO5/c1-22(2)10-8-11-23(3)12-9-13-24(4)17-19-34-28(33)29(18-16-26(27(31)32)30-21-29)35-20-25-14-6-5-7-15-25/h5-7,10,12,14-17,21H,8-9,11,13,18-20H2,1-4H3,(H,31,32). The first-order chi connectivity index (χ1) is 16.7. The van der Waals surface area contributed by atoms with Crippen molar-refractivity contribution >= 4 is 18.2 Å². The molecule has 6 heteroatoms. The van der Waals surface area contributed by atoms with Crippen molar-refractivity contribution in [2.45, 2.75) is 72.0 Å². The van der Waals surface area contributed by atoms with Crippen LogP contribution in [0, 0.1) is 0 Å². The molecule has 0 saturated carbocycles. The van der Waals surface area contributed by atoms with Gasteiger partial charge in [-0.15, -0.1) is 0 Å². The van der Waals surface area contributed by atoms with E-state index in [0.717, 1.165) is 36.8 Å². The lowest BCUT2D eigenvalue weighted by molar-refractivity contribution is -0.163. The van der Waals surface area contributed by atoms with Crippen molar-refractivity contribution in [3.8, 4) is 0 Å². The third-order valence-corrected chi connectivity index (χ3v) is 5.68. The lowest BCUT2D eigenvalue weighted by Crippen LogP contribution is -2.45. The molecule has 1 atom stereocenters. The average Bonchev–Trinajstić information content (AvgIpc) is 2.83. The molecular weight excluding hydrogens is 442 g/mol. The zero-order valence-electron chi connectivity index (χ0n) is 21.3. The number of esters is 1. The molecule has 1 unspecified atom stereocenters. The molecule has 0 spiro atoms. The molecule has 0 aromatic heterocycles. The molecule has 1 aliphatic rings. The van der Waals surface area contributed by atoms with Crippen LogP contribution in [0.15, 0.2) is 82.0 Å². The molecule has 1 aromatic carbocycles. The van der Waals surface area contributed by atoms with Gasteiger partial charge in [0.05, 0.1) is 6.61 Å². The first-order valence-electron chi connectivity index (χ1n) is 12.0. The van der Waals surface area contributed by atoms with Gasteiger partial charge >= 0.3 is 11.9 Å². The van der Waals surface area contributed by atoms with Crippen molar-refractivity contribution in [1.29, 1.82) is 0 Å². The van der Waals surface area contributed by atoms with Crippen molar-refractivity contribution in [3.63, 3.8) is 0 Å². The van der Waals surface area contributed by atoms with Gasteiger partial charge in [0.1, 0.15) is 12.3 Å². The predicted molar refractivity (Wildman–Crippen MR) is 139 cm³/mol. The van der Waals surface area contributed by atoms with Gasteiger partial charge in [0.2, 0.25) is 5.60 Å². The number of aliphatic imine (C=N–C) groups is 1. The molecule has 0 amide bonds. The summed E-state index contributed by atoms with van der Waals surface area (Å²) in [5.74, 6) is -1.73. The molecule has 35 heavy (non-hydrogen) atoms. The van der Waals surface area contributed by atoms with E-state index in [1.165, 1.54) is 23.4 Å². The number of carboxylic acid groups (broad SMARTS) is 1. The van der Waals surface area contributed by atoms with Gasteiger partial charge in [-0.3, -0.25) is 4.99 Å². The summed E-state index contributed by atoms with van der Waals surface area (Å²) in [5.41, 5.74) is 3.18. The molecule has 6 nitrogen and oxygen atoms in total. The topological polar surface area (TPSA) is 85.2 Å². The summed E-state index contributed by atoms with van der Waals surface area (Å²) in [5, 5.41) is 9.17. The molecule has 1 heterocycles. The second kappa shape index (κ2) is 14.2. The Morgan fingerprint density at radius 3 is 2.26 bits per heavy atom. The second-order valence-corrected chi connectivity index (χ2v) is 9.08. The van der Waals surface area contributed by atoms with Gasteiger partial charge in [0.25, 0.3) is 0 Å². The summed E-state index contributed by atoms with van der Waals surface area (Å²) >= 11 is 0. The molecule has 1 aliphatic heterocycles. The Bertz CT molecular complexity index is 1010. The van der Waals surface area contributed by atoms with Crippen molar-refractivity contribution < 1.29 is 24.2 Å². The van der Waals surface area contributed by atoms with Crippen LogP contribution in [0.2, 0.25) is 0 Å². The number of hydrogen-bond acceptors (Lipinski definition) is 5. The average molecular weight is 480 g/mol. The second-order valence-electron chi connectivity index (χ2n) is 9.08. The zero-order chi connectivity index (χ0) is 25.7. The minimum absolute atomic E-state index is 0.0450. The molecular formula is C29H37NO5. The van der Waals surface area contributed by atoms with Gasteiger partial charge in [0, 0.05) is 12.6 Å². The summed E-state index contributed by atoms with van der Waals surface area (Å²) in [6.07, 6.45) is 13.1. The normalized spacial score (nSPS) is 18.1. The number of carboxylic acids is 1. The van der Waals surface area contributed by atoms with E-state index >= 15 is 0 Å². The van der Waals surface area contributed by atoms with Gasteiger partial charge in [-0.2, -0.15) is 0 Å². The number of carbonyl (C=O) groups excluding carboxylic acids is 1. The van der Waals surface area contributed by atoms with E-state index < -0.39 is 17.5 Å². The number of benzene rings is 1. The van der Waals surface area contributed by atoms with E-state index in [9.17, 15) is 14.7 Å². The van der Waals surface area contributed by atoms with E-state index in [1.807, 2.05) is 43.3 Å². The molecule has 1 N–H and O–H groups in total. The van der Waals surface area contributed by atoms with Crippen LogP contribution in [0.4, 0.5) is 0 Å². The Hall–Kier alpha value is -3.25. The summed E-state index contributed by atoms with van der Waals surface area (Å²) in [7, 11) is 0. The van der Waals surface area contributed by atoms with Crippen molar-refractivity contribution in [1.82, 2.24) is 0 Å². The van der Waals surface area contributed by atoms with Gasteiger partial charge in [-0.1, -0.05) is 59.2 Å². The van der Waals surface area contributed by atoms with Crippen LogP contribution < -0.4 is 0 Å². The Balaban J connectivity index is 1.92. The van der Waals surface area contributed by atoms with E-state index in [2.05, 4.69) is 37.9 Å². The predicted octanol–water partition coefficient (Wildman–Crippen LogP) is 6.35. The molecule has 1 aromatic rings. The van der Waals surface area contributed by atoms with E-state index in [-0.39, 0.29) is 25.3 Å². The Labute approximate surface area is 208 Å². The molecule has 0 fully saturated rings. The number of allylic oxidation sites excluding steroid dienone is 5. The van der Waals surface area contributed by atoms with Gasteiger partial charge in [0.15, 0.2) is 0 Å². The minimum Gasteiger partial charge on any atom is -0.477 e. The Morgan fingerprint density at radius 1 is 1.00 bits per heavy atom. The summed E-state index contributed by atoms with van der Waals surface area (Å²) in [6.45, 7) is 8.70. The van der Waals surface area contributed by atoms with Crippen LogP contribution in [0.3, 0.4) is 0 Å². The SMILES string of the molecule is CC(C)=CCCC(C)=CCCC(C)=CCOC(=O)C1(OCc2ccccc2)C=NC(C(=O)O)=CC1. The van der Waals surface area contributed by atoms with E-state index in [4.69, 9.17) is 9.47 Å². The fourth-order valence-electron chi connectivity index (χ4n) is 3.47. The van der Waals surface area contributed by atoms with Crippen molar-refractivity contribution in [2.75, 3.05) is 6.61 Å². The van der Waals surface area contributed by atoms with E-state index in [0.29, 0.717) is 0 Å². The largest absolute Gasteiger partial charge is 0.477 e. The maximum Gasteiger partial charge on any atom is 0.354 e. The zero-order valence-corrected chi connectivity index (χ0v) is 21.3. The van der Waals surface area contributed by atoms with Gasteiger partial charge in [-0.05, 0) is 71.1 Å². The maximum atomic E-state index is 13.0. The lowest BCUT2D eigenvalue weighted by Gasteiger charge is -2.28. The van der Waals surface area contributed by atoms with Crippen LogP contribution in [0.25, 0.3) is 0 Å². The molecule has 0 saturated heterocycles. The van der Waals surface area contributed by atoms with E-state index in [1.54, 1.807) is 0 Å². The molecule has 0 aliphatic carbocycles. The summed E-state index contributed by atoms with van der Waals surface area (Å²) in [4.78, 5) is 28.1. The number of aliphatic carboxylic acids is 1. The van der Waals surface area contributed by atoms with Gasteiger partial charge in [-0.25, -0.2) is 9.59 Å². The smallest absolute Gasteiger partial charge is 0.354 e. The third-order valence-electron chi connectivity index (χ3n) is 5.68. The summed E-state index contributed by atoms with van der Waals surface area (Å²) in [6, 6.07) is 9.44. The number of carbonyl (C=O) groups is 2. The highest BCUT2D eigenvalue weighted by Crippen LogP contribution is 2.25. The fourth-order valence-corrected chi connectivity index (χ4v) is 3.47. The van der Waals surface area contributed by atoms with Crippen LogP contribution in [-0.4, -0.2) is 35.5 Å². The molecule has 0 bridgehead atoms. The number of nitrogens with zero attached hydrogens (tertiary/aromatic N) is 1. The molecule has 2 rings (SSSR count). The minimum atomic E-state index is -1.46. The highest BCUT2D eigenvalue weighted by molar-refractivity contribution is 6.02. The van der Waals surface area contributed by atoms with Crippen molar-refractivity contribution in [3.05, 3.63) is 82.6 Å². The highest BCUT2D eigenvalue weighted by Gasteiger charge is 2.41.